The van der Waals surface area contributed by atoms with Gasteiger partial charge in [0.05, 0.1) is 17.2 Å². The Balaban J connectivity index is 0.00000144. The monoisotopic (exact) mass is 371 g/mol. The number of benzene rings is 1. The summed E-state index contributed by atoms with van der Waals surface area (Å²) >= 11 is 0. The maximum atomic E-state index is 6.09. The van der Waals surface area contributed by atoms with Gasteiger partial charge in [-0.25, -0.2) is 4.98 Å². The molecule has 0 saturated carbocycles. The van der Waals surface area contributed by atoms with E-state index >= 15 is 0 Å². The molecule has 0 fully saturated rings. The number of hydrogen-bond donors (Lipinski definition) is 3. The highest BCUT2D eigenvalue weighted by Gasteiger charge is 2.14. The van der Waals surface area contributed by atoms with Crippen LogP contribution in [-0.4, -0.2) is 32.3 Å². The zero-order valence-corrected chi connectivity index (χ0v) is 15.3. The largest absolute Gasteiger partial charge is 0.352 e. The van der Waals surface area contributed by atoms with Gasteiger partial charge in [-0.1, -0.05) is 6.07 Å². The molecule has 24 heavy (non-hydrogen) atoms. The third kappa shape index (κ3) is 3.87. The first kappa shape index (κ1) is 20.4. The lowest BCUT2D eigenvalue weighted by atomic mass is 10.2. The Morgan fingerprint density at radius 3 is 2.67 bits per heavy atom. The van der Waals surface area contributed by atoms with E-state index in [-0.39, 0.29) is 31.0 Å². The summed E-state index contributed by atoms with van der Waals surface area (Å²) < 4.78 is 2.01. The number of fused-ring (bicyclic) bond motifs is 3. The first-order valence-corrected chi connectivity index (χ1v) is 7.44. The molecule has 132 valence electrons. The first-order valence-electron chi connectivity index (χ1n) is 7.44. The van der Waals surface area contributed by atoms with Crippen LogP contribution >= 0.6 is 24.8 Å². The van der Waals surface area contributed by atoms with Crippen molar-refractivity contribution in [1.82, 2.24) is 19.6 Å². The molecule has 0 spiro atoms. The van der Waals surface area contributed by atoms with Crippen molar-refractivity contribution < 1.29 is 0 Å². The van der Waals surface area contributed by atoms with Gasteiger partial charge in [0.1, 0.15) is 5.82 Å². The molecule has 9 heteroatoms. The summed E-state index contributed by atoms with van der Waals surface area (Å²) in [4.78, 5) is 4.66. The van der Waals surface area contributed by atoms with E-state index in [0.29, 0.717) is 18.0 Å². The minimum atomic E-state index is -0.209. The third-order valence-corrected chi connectivity index (χ3v) is 3.68. The number of aromatic nitrogens is 4. The number of rotatable bonds is 5. The smallest absolute Gasteiger partial charge is 0.204 e. The highest BCUT2D eigenvalue weighted by atomic mass is 35.5. The number of hydrogen-bond acceptors (Lipinski definition) is 6. The predicted molar refractivity (Wildman–Crippen MR) is 102 cm³/mol. The third-order valence-electron chi connectivity index (χ3n) is 3.68. The molecule has 0 aliphatic heterocycles. The van der Waals surface area contributed by atoms with E-state index in [1.54, 1.807) is 0 Å². The van der Waals surface area contributed by atoms with Gasteiger partial charge >= 0.3 is 0 Å². The second-order valence-electron chi connectivity index (χ2n) is 5.54. The normalized spacial score (nSPS) is 11.8. The summed E-state index contributed by atoms with van der Waals surface area (Å²) in [6.07, 6.45) is 1.44. The Labute approximate surface area is 153 Å². The van der Waals surface area contributed by atoms with Crippen LogP contribution in [0.15, 0.2) is 18.2 Å². The summed E-state index contributed by atoms with van der Waals surface area (Å²) in [7, 11) is 0. The van der Waals surface area contributed by atoms with Gasteiger partial charge in [0.25, 0.3) is 0 Å². The van der Waals surface area contributed by atoms with Gasteiger partial charge in [-0.15, -0.1) is 35.0 Å². The van der Waals surface area contributed by atoms with Crippen LogP contribution in [0, 0.1) is 13.8 Å². The molecule has 7 nitrogen and oxygen atoms in total. The van der Waals surface area contributed by atoms with E-state index < -0.39 is 0 Å². The first-order chi connectivity index (χ1) is 10.6. The van der Waals surface area contributed by atoms with Crippen LogP contribution in [0.4, 0.5) is 5.82 Å². The minimum Gasteiger partial charge on any atom is -0.352 e. The number of anilines is 1. The molecule has 0 aliphatic carbocycles. The van der Waals surface area contributed by atoms with Gasteiger partial charge in [-0.05, 0) is 50.9 Å². The van der Waals surface area contributed by atoms with Crippen LogP contribution in [0.5, 0.6) is 0 Å². The van der Waals surface area contributed by atoms with Crippen molar-refractivity contribution in [3.05, 3.63) is 29.6 Å². The van der Waals surface area contributed by atoms with Gasteiger partial charge in [-0.2, -0.15) is 0 Å². The van der Waals surface area contributed by atoms with Gasteiger partial charge in [-0.3, -0.25) is 4.40 Å². The van der Waals surface area contributed by atoms with Crippen LogP contribution in [0.25, 0.3) is 16.7 Å². The average molecular weight is 372 g/mol. The quantitative estimate of drug-likeness (QED) is 0.593. The molecular formula is C15H23Cl2N7. The summed E-state index contributed by atoms with van der Waals surface area (Å²) in [6, 6.07) is 6.13. The Morgan fingerprint density at radius 2 is 1.96 bits per heavy atom. The van der Waals surface area contributed by atoms with Crippen LogP contribution in [0.2, 0.25) is 0 Å². The van der Waals surface area contributed by atoms with Crippen molar-refractivity contribution in [3.63, 3.8) is 0 Å². The van der Waals surface area contributed by atoms with Crippen LogP contribution < -0.4 is 16.8 Å². The van der Waals surface area contributed by atoms with Gasteiger partial charge in [0.15, 0.2) is 5.82 Å². The minimum absolute atomic E-state index is 0. The van der Waals surface area contributed by atoms with Gasteiger partial charge in [0.2, 0.25) is 5.65 Å². The Kier molecular flexibility index (Phi) is 7.16. The topological polar surface area (TPSA) is 107 Å². The molecule has 3 aromatic rings. The van der Waals surface area contributed by atoms with Crippen molar-refractivity contribution >= 4 is 47.3 Å². The van der Waals surface area contributed by atoms with Gasteiger partial charge < -0.3 is 16.8 Å². The van der Waals surface area contributed by atoms with Crippen LogP contribution in [-0.2, 0) is 0 Å². The van der Waals surface area contributed by atoms with E-state index in [1.165, 1.54) is 5.56 Å². The lowest BCUT2D eigenvalue weighted by molar-refractivity contribution is 0.640. The lowest BCUT2D eigenvalue weighted by Crippen LogP contribution is -2.30. The zero-order valence-electron chi connectivity index (χ0n) is 13.7. The summed E-state index contributed by atoms with van der Waals surface area (Å²) in [5.74, 6) is 1.48. The Hall–Kier alpha value is -1.67. The lowest BCUT2D eigenvalue weighted by Gasteiger charge is -2.15. The van der Waals surface area contributed by atoms with E-state index in [2.05, 4.69) is 33.5 Å². The van der Waals surface area contributed by atoms with Crippen LogP contribution in [0.1, 0.15) is 24.2 Å². The predicted octanol–water partition coefficient (Wildman–Crippen LogP) is 2.17. The summed E-state index contributed by atoms with van der Waals surface area (Å²) in [6.45, 7) is 4.61. The molecule has 2 heterocycles. The highest BCUT2D eigenvalue weighted by Crippen LogP contribution is 2.22. The molecule has 1 atom stereocenters. The zero-order chi connectivity index (χ0) is 15.7. The molecule has 1 aromatic carbocycles. The maximum Gasteiger partial charge on any atom is 0.204 e. The van der Waals surface area contributed by atoms with E-state index in [0.717, 1.165) is 29.7 Å². The number of aryl methyl sites for hydroxylation is 2. The van der Waals surface area contributed by atoms with Crippen molar-refractivity contribution in [1.29, 1.82) is 0 Å². The molecule has 5 N–H and O–H groups in total. The number of halogens is 2. The van der Waals surface area contributed by atoms with Crippen molar-refractivity contribution in [2.24, 2.45) is 11.5 Å². The molecule has 0 saturated heterocycles. The molecule has 0 amide bonds. The average Bonchev–Trinajstić information content (AvgIpc) is 2.88. The maximum absolute atomic E-state index is 6.09. The number of nitrogens with one attached hydrogen (secondary N) is 1. The molecule has 0 radical (unpaired) electrons. The molecule has 2 aromatic heterocycles. The van der Waals surface area contributed by atoms with Crippen LogP contribution in [0.3, 0.4) is 0 Å². The Bertz CT molecular complexity index is 818. The van der Waals surface area contributed by atoms with Crippen molar-refractivity contribution in [2.75, 3.05) is 11.9 Å². The van der Waals surface area contributed by atoms with Crippen molar-refractivity contribution in [2.45, 2.75) is 32.9 Å². The standard InChI is InChI=1S/C15H21N7.2ClH/c1-9-5-6-11-12(8-9)22-10(2)20-21-15(22)14(18-11)19-13(17)4-3-7-16;;/h5-6,8,13H,3-4,7,16-17H2,1-2H3,(H,18,19);2*1H. The molecular weight excluding hydrogens is 349 g/mol. The van der Waals surface area contributed by atoms with E-state index in [1.807, 2.05) is 23.5 Å². The SMILES string of the molecule is Cc1ccc2nc(NC(N)CCCN)c3nnc(C)n3c2c1.Cl.Cl. The van der Waals surface area contributed by atoms with Crippen molar-refractivity contribution in [3.8, 4) is 0 Å². The molecule has 3 rings (SSSR count). The summed E-state index contributed by atoms with van der Waals surface area (Å²) in [5, 5.41) is 11.6. The Morgan fingerprint density at radius 1 is 1.21 bits per heavy atom. The highest BCUT2D eigenvalue weighted by molar-refractivity contribution is 5.85. The molecule has 0 bridgehead atoms. The van der Waals surface area contributed by atoms with Gasteiger partial charge in [0, 0.05) is 0 Å². The number of nitrogens with zero attached hydrogens (tertiary/aromatic N) is 4. The fourth-order valence-electron chi connectivity index (χ4n) is 2.56. The molecule has 0 aliphatic rings. The second-order valence-corrected chi connectivity index (χ2v) is 5.54. The fraction of sp³-hybridized carbons (Fsp3) is 0.400. The number of nitrogens with two attached hydrogens (primary N) is 2. The second kappa shape index (κ2) is 8.43. The van der Waals surface area contributed by atoms with E-state index in [9.17, 15) is 0 Å². The van der Waals surface area contributed by atoms with E-state index in [4.69, 9.17) is 11.5 Å². The summed E-state index contributed by atoms with van der Waals surface area (Å²) in [5.41, 5.74) is 15.4. The molecule has 1 unspecified atom stereocenters. The fourth-order valence-corrected chi connectivity index (χ4v) is 2.56.